The molecule has 5 nitrogen and oxygen atoms in total. The molecule has 0 aliphatic carbocycles. The molecule has 0 saturated heterocycles. The first kappa shape index (κ1) is 12.7. The van der Waals surface area contributed by atoms with Crippen LogP contribution in [0.1, 0.15) is 19.5 Å². The van der Waals surface area contributed by atoms with Crippen LogP contribution < -0.4 is 15.8 Å². The van der Waals surface area contributed by atoms with Crippen LogP contribution >= 0.6 is 0 Å². The van der Waals surface area contributed by atoms with Gasteiger partial charge in [0.15, 0.2) is 0 Å². The minimum absolute atomic E-state index is 0.0281. The molecule has 0 aromatic carbocycles. The van der Waals surface area contributed by atoms with Crippen molar-refractivity contribution in [1.29, 1.82) is 0 Å². The molecule has 3 N–H and O–H groups in total. The summed E-state index contributed by atoms with van der Waals surface area (Å²) in [6.07, 6.45) is 0. The summed E-state index contributed by atoms with van der Waals surface area (Å²) in [5.41, 5.74) is 6.55. The highest BCUT2D eigenvalue weighted by Gasteiger charge is 2.15. The summed E-state index contributed by atoms with van der Waals surface area (Å²) in [6, 6.07) is 1.79. The molecule has 0 radical (unpaired) electrons. The summed E-state index contributed by atoms with van der Waals surface area (Å²) in [6.45, 7) is 7.43. The molecule has 0 spiro atoms. The van der Waals surface area contributed by atoms with E-state index in [0.717, 1.165) is 12.2 Å². The Kier molecular flexibility index (Phi) is 4.06. The average Bonchev–Trinajstić information content (AvgIpc) is 2.26. The maximum atomic E-state index is 5.65. The number of anilines is 1. The molecule has 16 heavy (non-hydrogen) atoms. The lowest BCUT2D eigenvalue weighted by atomic mass is 9.94. The summed E-state index contributed by atoms with van der Waals surface area (Å²) >= 11 is 0. The third kappa shape index (κ3) is 3.66. The second-order valence-corrected chi connectivity index (χ2v) is 4.60. The van der Waals surface area contributed by atoms with Gasteiger partial charge in [-0.25, -0.2) is 4.98 Å². The van der Waals surface area contributed by atoms with Gasteiger partial charge in [-0.15, -0.1) is 0 Å². The molecule has 0 bridgehead atoms. The monoisotopic (exact) mass is 224 g/mol. The molecule has 0 unspecified atom stereocenters. The molecule has 0 fully saturated rings. The molecule has 0 aliphatic rings. The Labute approximate surface area is 96.4 Å². The molecule has 1 rings (SSSR count). The van der Waals surface area contributed by atoms with Crippen LogP contribution in [0, 0.1) is 12.3 Å². The maximum Gasteiger partial charge on any atom is 0.226 e. The van der Waals surface area contributed by atoms with Crippen LogP contribution in [0.25, 0.3) is 0 Å². The van der Waals surface area contributed by atoms with Crippen LogP contribution in [0.2, 0.25) is 0 Å². The highest BCUT2D eigenvalue weighted by molar-refractivity contribution is 5.30. The molecule has 0 aliphatic heterocycles. The maximum absolute atomic E-state index is 5.65. The van der Waals surface area contributed by atoms with E-state index >= 15 is 0 Å². The lowest BCUT2D eigenvalue weighted by molar-refractivity contribution is 0.393. The predicted molar refractivity (Wildman–Crippen MR) is 64.6 cm³/mol. The van der Waals surface area contributed by atoms with E-state index in [1.54, 1.807) is 13.2 Å². The zero-order chi connectivity index (χ0) is 12.2. The summed E-state index contributed by atoms with van der Waals surface area (Å²) < 4.78 is 5.08. The number of hydrogen-bond acceptors (Lipinski definition) is 5. The minimum atomic E-state index is 0.0281. The Morgan fingerprint density at radius 2 is 2.12 bits per heavy atom. The number of aryl methyl sites for hydroxylation is 1. The van der Waals surface area contributed by atoms with Gasteiger partial charge >= 0.3 is 0 Å². The van der Waals surface area contributed by atoms with E-state index < -0.39 is 0 Å². The molecule has 1 aromatic rings. The van der Waals surface area contributed by atoms with Crippen molar-refractivity contribution in [3.05, 3.63) is 11.8 Å². The van der Waals surface area contributed by atoms with Crippen LogP contribution in [0.3, 0.4) is 0 Å². The first-order valence-corrected chi connectivity index (χ1v) is 5.30. The first-order valence-electron chi connectivity index (χ1n) is 5.30. The lowest BCUT2D eigenvalue weighted by Crippen LogP contribution is -2.31. The Bertz CT molecular complexity index is 352. The standard InChI is InChI=1S/C11H20N4O/c1-8-5-9(16-4)15-10(14-8)13-7-11(2,3)6-12/h5H,6-7,12H2,1-4H3,(H,13,14,15). The van der Waals surface area contributed by atoms with Crippen molar-refractivity contribution < 1.29 is 4.74 Å². The van der Waals surface area contributed by atoms with Crippen molar-refractivity contribution >= 4 is 5.95 Å². The van der Waals surface area contributed by atoms with E-state index in [2.05, 4.69) is 29.1 Å². The number of ether oxygens (including phenoxy) is 1. The van der Waals surface area contributed by atoms with Gasteiger partial charge in [0.25, 0.3) is 0 Å². The first-order chi connectivity index (χ1) is 7.46. The smallest absolute Gasteiger partial charge is 0.226 e. The van der Waals surface area contributed by atoms with Crippen LogP contribution in [-0.4, -0.2) is 30.2 Å². The summed E-state index contributed by atoms with van der Waals surface area (Å²) in [5.74, 6) is 1.15. The van der Waals surface area contributed by atoms with E-state index in [9.17, 15) is 0 Å². The summed E-state index contributed by atoms with van der Waals surface area (Å²) in [7, 11) is 1.59. The quantitative estimate of drug-likeness (QED) is 0.786. The molecular weight excluding hydrogens is 204 g/mol. The number of hydrogen-bond donors (Lipinski definition) is 2. The van der Waals surface area contributed by atoms with E-state index in [-0.39, 0.29) is 5.41 Å². The predicted octanol–water partition coefficient (Wildman–Crippen LogP) is 1.19. The lowest BCUT2D eigenvalue weighted by Gasteiger charge is -2.22. The number of rotatable bonds is 5. The van der Waals surface area contributed by atoms with Crippen molar-refractivity contribution in [3.63, 3.8) is 0 Å². The van der Waals surface area contributed by atoms with E-state index in [1.807, 2.05) is 6.92 Å². The van der Waals surface area contributed by atoms with Gasteiger partial charge in [0, 0.05) is 18.3 Å². The van der Waals surface area contributed by atoms with Crippen molar-refractivity contribution in [1.82, 2.24) is 9.97 Å². The zero-order valence-corrected chi connectivity index (χ0v) is 10.4. The Morgan fingerprint density at radius 3 is 2.69 bits per heavy atom. The van der Waals surface area contributed by atoms with Gasteiger partial charge in [-0.1, -0.05) is 13.8 Å². The second-order valence-electron chi connectivity index (χ2n) is 4.60. The topological polar surface area (TPSA) is 73.1 Å². The van der Waals surface area contributed by atoms with E-state index in [4.69, 9.17) is 10.5 Å². The van der Waals surface area contributed by atoms with Crippen LogP contribution in [0.5, 0.6) is 5.88 Å². The third-order valence-corrected chi connectivity index (χ3v) is 2.32. The Morgan fingerprint density at radius 1 is 1.44 bits per heavy atom. The number of nitrogens with one attached hydrogen (secondary N) is 1. The molecular formula is C11H20N4O. The zero-order valence-electron chi connectivity index (χ0n) is 10.4. The van der Waals surface area contributed by atoms with E-state index in [0.29, 0.717) is 18.4 Å². The van der Waals surface area contributed by atoms with Crippen LogP contribution in [0.15, 0.2) is 6.07 Å². The molecule has 0 amide bonds. The van der Waals surface area contributed by atoms with Crippen molar-refractivity contribution in [3.8, 4) is 5.88 Å². The fraction of sp³-hybridized carbons (Fsp3) is 0.636. The molecule has 0 saturated carbocycles. The van der Waals surface area contributed by atoms with Gasteiger partial charge < -0.3 is 15.8 Å². The molecule has 0 atom stereocenters. The molecule has 90 valence electrons. The average molecular weight is 224 g/mol. The number of aromatic nitrogens is 2. The van der Waals surface area contributed by atoms with Crippen molar-refractivity contribution in [2.75, 3.05) is 25.5 Å². The van der Waals surface area contributed by atoms with Gasteiger partial charge in [0.05, 0.1) is 7.11 Å². The fourth-order valence-corrected chi connectivity index (χ4v) is 1.11. The molecule has 5 heteroatoms. The number of methoxy groups -OCH3 is 1. The number of nitrogens with two attached hydrogens (primary N) is 1. The summed E-state index contributed by atoms with van der Waals surface area (Å²) in [5, 5.41) is 3.17. The Balaban J connectivity index is 2.70. The van der Waals surface area contributed by atoms with Gasteiger partial charge in [0.2, 0.25) is 11.8 Å². The SMILES string of the molecule is COc1cc(C)nc(NCC(C)(C)CN)n1. The highest BCUT2D eigenvalue weighted by Crippen LogP contribution is 2.15. The number of nitrogens with zero attached hydrogens (tertiary/aromatic N) is 2. The van der Waals surface area contributed by atoms with Crippen molar-refractivity contribution in [2.24, 2.45) is 11.1 Å². The molecule has 1 heterocycles. The van der Waals surface area contributed by atoms with Gasteiger partial charge in [-0.2, -0.15) is 4.98 Å². The molecule has 1 aromatic heterocycles. The summed E-state index contributed by atoms with van der Waals surface area (Å²) in [4.78, 5) is 8.48. The van der Waals surface area contributed by atoms with E-state index in [1.165, 1.54) is 0 Å². The largest absolute Gasteiger partial charge is 0.481 e. The van der Waals surface area contributed by atoms with Crippen LogP contribution in [0.4, 0.5) is 5.95 Å². The van der Waals surface area contributed by atoms with Gasteiger partial charge in [-0.3, -0.25) is 0 Å². The second kappa shape index (κ2) is 5.12. The fourth-order valence-electron chi connectivity index (χ4n) is 1.11. The third-order valence-electron chi connectivity index (χ3n) is 2.32. The van der Waals surface area contributed by atoms with Crippen molar-refractivity contribution in [2.45, 2.75) is 20.8 Å². The van der Waals surface area contributed by atoms with Gasteiger partial charge in [-0.05, 0) is 18.9 Å². The normalized spacial score (nSPS) is 11.3. The highest BCUT2D eigenvalue weighted by atomic mass is 16.5. The van der Waals surface area contributed by atoms with Crippen LogP contribution in [-0.2, 0) is 0 Å². The minimum Gasteiger partial charge on any atom is -0.481 e. The van der Waals surface area contributed by atoms with Gasteiger partial charge in [0.1, 0.15) is 0 Å². The Hall–Kier alpha value is -1.36.